The van der Waals surface area contributed by atoms with E-state index in [1.807, 2.05) is 24.3 Å². The van der Waals surface area contributed by atoms with Crippen LogP contribution in [0.5, 0.6) is 11.5 Å². The number of benzene rings is 1. The highest BCUT2D eigenvalue weighted by Gasteiger charge is 2.04. The molecular weight excluding hydrogens is 320 g/mol. The zero-order valence-corrected chi connectivity index (χ0v) is 17.4. The first-order valence-corrected chi connectivity index (χ1v) is 11.2. The first kappa shape index (κ1) is 22.9. The van der Waals surface area contributed by atoms with Crippen molar-refractivity contribution in [2.24, 2.45) is 0 Å². The third kappa shape index (κ3) is 12.2. The van der Waals surface area contributed by atoms with Gasteiger partial charge in [-0.3, -0.25) is 0 Å². The van der Waals surface area contributed by atoms with Gasteiger partial charge in [-0.05, 0) is 25.0 Å². The molecule has 0 heterocycles. The molecule has 2 heteroatoms. The van der Waals surface area contributed by atoms with Crippen LogP contribution in [0.25, 0.3) is 0 Å². The number of rotatable bonds is 18. The van der Waals surface area contributed by atoms with Crippen molar-refractivity contribution in [1.29, 1.82) is 0 Å². The molecule has 0 fully saturated rings. The maximum atomic E-state index is 5.97. The monoisotopic (exact) mass is 362 g/mol. The predicted molar refractivity (Wildman–Crippen MR) is 113 cm³/mol. The van der Waals surface area contributed by atoms with Crippen molar-refractivity contribution in [2.45, 2.75) is 104 Å². The highest BCUT2D eigenvalue weighted by Crippen LogP contribution is 2.27. The van der Waals surface area contributed by atoms with E-state index in [9.17, 15) is 0 Å². The zero-order valence-electron chi connectivity index (χ0n) is 17.4. The molecule has 1 aromatic rings. The molecule has 0 amide bonds. The molecule has 2 nitrogen and oxygen atoms in total. The van der Waals surface area contributed by atoms with E-state index in [0.717, 1.165) is 37.6 Å². The van der Waals surface area contributed by atoms with Crippen LogP contribution < -0.4 is 9.47 Å². The third-order valence-electron chi connectivity index (χ3n) is 4.86. The van der Waals surface area contributed by atoms with Crippen LogP contribution in [0.3, 0.4) is 0 Å². The van der Waals surface area contributed by atoms with Crippen LogP contribution in [0.2, 0.25) is 0 Å². The molecule has 0 aliphatic heterocycles. The molecule has 26 heavy (non-hydrogen) atoms. The normalized spacial score (nSPS) is 10.8. The van der Waals surface area contributed by atoms with Crippen molar-refractivity contribution in [3.8, 4) is 11.5 Å². The number of para-hydroxylation sites is 2. The second-order valence-corrected chi connectivity index (χ2v) is 7.39. The Kier molecular flexibility index (Phi) is 15.2. The highest BCUT2D eigenvalue weighted by atomic mass is 16.5. The van der Waals surface area contributed by atoms with Crippen LogP contribution in [0.1, 0.15) is 104 Å². The van der Waals surface area contributed by atoms with Crippen LogP contribution in [0, 0.1) is 0 Å². The van der Waals surface area contributed by atoms with E-state index in [1.165, 1.54) is 77.0 Å². The molecule has 0 aliphatic rings. The van der Waals surface area contributed by atoms with Gasteiger partial charge in [0.05, 0.1) is 13.2 Å². The van der Waals surface area contributed by atoms with E-state index >= 15 is 0 Å². The minimum absolute atomic E-state index is 0.796. The summed E-state index contributed by atoms with van der Waals surface area (Å²) in [6.07, 6.45) is 18.4. The SMILES string of the molecule is CCCCCCCCCCOc1ccccc1OCCCCCCCC. The van der Waals surface area contributed by atoms with Gasteiger partial charge in [-0.2, -0.15) is 0 Å². The van der Waals surface area contributed by atoms with Crippen LogP contribution in [0.15, 0.2) is 24.3 Å². The van der Waals surface area contributed by atoms with Crippen LogP contribution in [-0.2, 0) is 0 Å². The van der Waals surface area contributed by atoms with Gasteiger partial charge >= 0.3 is 0 Å². The molecule has 0 aliphatic carbocycles. The first-order valence-electron chi connectivity index (χ1n) is 11.2. The Morgan fingerprint density at radius 1 is 0.500 bits per heavy atom. The fourth-order valence-electron chi connectivity index (χ4n) is 3.17. The fourth-order valence-corrected chi connectivity index (χ4v) is 3.17. The Hall–Kier alpha value is -1.18. The van der Waals surface area contributed by atoms with E-state index < -0.39 is 0 Å². The van der Waals surface area contributed by atoms with Crippen LogP contribution in [-0.4, -0.2) is 13.2 Å². The summed E-state index contributed by atoms with van der Waals surface area (Å²) in [6, 6.07) is 8.11. The van der Waals surface area contributed by atoms with Gasteiger partial charge in [0.2, 0.25) is 0 Å². The Balaban J connectivity index is 2.09. The molecule has 0 spiro atoms. The maximum Gasteiger partial charge on any atom is 0.161 e. The Morgan fingerprint density at radius 2 is 0.846 bits per heavy atom. The van der Waals surface area contributed by atoms with Gasteiger partial charge < -0.3 is 9.47 Å². The lowest BCUT2D eigenvalue weighted by Crippen LogP contribution is -2.02. The predicted octanol–water partition coefficient (Wildman–Crippen LogP) is 7.95. The largest absolute Gasteiger partial charge is 0.490 e. The smallest absolute Gasteiger partial charge is 0.161 e. The minimum Gasteiger partial charge on any atom is -0.490 e. The summed E-state index contributed by atoms with van der Waals surface area (Å²) in [7, 11) is 0. The quantitative estimate of drug-likeness (QED) is 0.247. The molecular formula is C24H42O2. The molecule has 1 rings (SSSR count). The van der Waals surface area contributed by atoms with Gasteiger partial charge in [-0.15, -0.1) is 0 Å². The standard InChI is InChI=1S/C24H42O2/c1-3-5-7-9-11-12-14-18-22-26-24-20-16-15-19-23(24)25-21-17-13-10-8-6-4-2/h15-16,19-20H,3-14,17-18,21-22H2,1-2H3. The van der Waals surface area contributed by atoms with Crippen molar-refractivity contribution in [3.05, 3.63) is 24.3 Å². The molecule has 0 radical (unpaired) electrons. The van der Waals surface area contributed by atoms with Crippen molar-refractivity contribution >= 4 is 0 Å². The average Bonchev–Trinajstić information content (AvgIpc) is 2.67. The number of hydrogen-bond acceptors (Lipinski definition) is 2. The lowest BCUT2D eigenvalue weighted by atomic mass is 10.1. The van der Waals surface area contributed by atoms with E-state index in [2.05, 4.69) is 13.8 Å². The van der Waals surface area contributed by atoms with Crippen molar-refractivity contribution in [2.75, 3.05) is 13.2 Å². The summed E-state index contributed by atoms with van der Waals surface area (Å²) < 4.78 is 11.9. The number of unbranched alkanes of at least 4 members (excludes halogenated alkanes) is 12. The van der Waals surface area contributed by atoms with Crippen LogP contribution >= 0.6 is 0 Å². The van der Waals surface area contributed by atoms with E-state index in [1.54, 1.807) is 0 Å². The molecule has 0 bridgehead atoms. The van der Waals surface area contributed by atoms with Gasteiger partial charge in [-0.1, -0.05) is 103 Å². The third-order valence-corrected chi connectivity index (χ3v) is 4.86. The van der Waals surface area contributed by atoms with Gasteiger partial charge in [0.25, 0.3) is 0 Å². The van der Waals surface area contributed by atoms with Crippen molar-refractivity contribution < 1.29 is 9.47 Å². The molecule has 1 aromatic carbocycles. The molecule has 0 atom stereocenters. The van der Waals surface area contributed by atoms with E-state index in [4.69, 9.17) is 9.47 Å². The molecule has 0 aromatic heterocycles. The lowest BCUT2D eigenvalue weighted by molar-refractivity contribution is 0.258. The molecule has 0 saturated carbocycles. The Bertz CT molecular complexity index is 416. The average molecular weight is 363 g/mol. The van der Waals surface area contributed by atoms with Gasteiger partial charge in [0.15, 0.2) is 11.5 Å². The van der Waals surface area contributed by atoms with Crippen LogP contribution in [0.4, 0.5) is 0 Å². The summed E-state index contributed by atoms with van der Waals surface area (Å²) in [4.78, 5) is 0. The molecule has 0 unspecified atom stereocenters. The van der Waals surface area contributed by atoms with Gasteiger partial charge in [0.1, 0.15) is 0 Å². The van der Waals surface area contributed by atoms with E-state index in [0.29, 0.717) is 0 Å². The maximum absolute atomic E-state index is 5.97. The summed E-state index contributed by atoms with van der Waals surface area (Å²) in [5.41, 5.74) is 0. The summed E-state index contributed by atoms with van der Waals surface area (Å²) in [6.45, 7) is 6.12. The fraction of sp³-hybridized carbons (Fsp3) is 0.750. The zero-order chi connectivity index (χ0) is 18.7. The van der Waals surface area contributed by atoms with Crippen molar-refractivity contribution in [1.82, 2.24) is 0 Å². The summed E-state index contributed by atoms with van der Waals surface area (Å²) >= 11 is 0. The minimum atomic E-state index is 0.796. The van der Waals surface area contributed by atoms with Gasteiger partial charge in [-0.25, -0.2) is 0 Å². The van der Waals surface area contributed by atoms with E-state index in [-0.39, 0.29) is 0 Å². The number of hydrogen-bond donors (Lipinski definition) is 0. The highest BCUT2D eigenvalue weighted by molar-refractivity contribution is 5.39. The lowest BCUT2D eigenvalue weighted by Gasteiger charge is -2.12. The van der Waals surface area contributed by atoms with Gasteiger partial charge in [0, 0.05) is 0 Å². The molecule has 0 N–H and O–H groups in total. The van der Waals surface area contributed by atoms with Crippen molar-refractivity contribution in [3.63, 3.8) is 0 Å². The first-order chi connectivity index (χ1) is 12.9. The topological polar surface area (TPSA) is 18.5 Å². The second kappa shape index (κ2) is 17.2. The Morgan fingerprint density at radius 3 is 1.23 bits per heavy atom. The Labute approximate surface area is 162 Å². The molecule has 150 valence electrons. The number of ether oxygens (including phenoxy) is 2. The summed E-state index contributed by atoms with van der Waals surface area (Å²) in [5.74, 6) is 1.81. The summed E-state index contributed by atoms with van der Waals surface area (Å²) in [5, 5.41) is 0. The molecule has 0 saturated heterocycles. The second-order valence-electron chi connectivity index (χ2n) is 7.39.